The highest BCUT2D eigenvalue weighted by molar-refractivity contribution is 5.71. The quantitative estimate of drug-likeness (QED) is 0.624. The molecule has 0 saturated carbocycles. The second-order valence-electron chi connectivity index (χ2n) is 5.41. The van der Waals surface area contributed by atoms with Gasteiger partial charge in [0, 0.05) is 11.3 Å². The van der Waals surface area contributed by atoms with Gasteiger partial charge >= 0.3 is 0 Å². The number of carbonyl (C=O) groups is 1. The molecule has 132 valence electrons. The van der Waals surface area contributed by atoms with E-state index in [0.29, 0.717) is 5.69 Å². The number of hydrogen-bond acceptors (Lipinski definition) is 4. The third-order valence-corrected chi connectivity index (χ3v) is 3.53. The smallest absolute Gasteiger partial charge is 0.106 e. The molecule has 3 aromatic rings. The zero-order chi connectivity index (χ0) is 18.5. The van der Waals surface area contributed by atoms with E-state index in [4.69, 9.17) is 16.3 Å². The number of carbonyl (C=O) groups excluding carboxylic acids is 1. The molecule has 25 heavy (non-hydrogen) atoms. The van der Waals surface area contributed by atoms with Gasteiger partial charge in [-0.2, -0.15) is 5.10 Å². The highest BCUT2D eigenvalue weighted by atomic mass is 16.1. The maximum atomic E-state index is 8.00. The van der Waals surface area contributed by atoms with Crippen LogP contribution in [-0.2, 0) is 11.2 Å². The van der Waals surface area contributed by atoms with Gasteiger partial charge in [-0.25, -0.2) is 0 Å². The number of aryl methyl sites for hydroxylation is 1. The van der Waals surface area contributed by atoms with E-state index in [1.54, 1.807) is 6.20 Å². The lowest BCUT2D eigenvalue weighted by Crippen LogP contribution is -1.87. The van der Waals surface area contributed by atoms with E-state index >= 15 is 0 Å². The van der Waals surface area contributed by atoms with Crippen LogP contribution < -0.4 is 11.5 Å². The van der Waals surface area contributed by atoms with Crippen molar-refractivity contribution in [2.75, 3.05) is 11.5 Å². The van der Waals surface area contributed by atoms with Crippen molar-refractivity contribution in [1.29, 1.82) is 0 Å². The number of H-pyrrole nitrogens is 1. The normalized spacial score (nSPS) is 9.32. The van der Waals surface area contributed by atoms with Crippen molar-refractivity contribution >= 4 is 18.2 Å². The molecule has 0 atom stereocenters. The molecule has 1 heterocycles. The molecule has 0 aliphatic carbocycles. The molecule has 3 rings (SSSR count). The average molecular weight is 338 g/mol. The lowest BCUT2D eigenvalue weighted by atomic mass is 10.1. The lowest BCUT2D eigenvalue weighted by molar-refractivity contribution is -0.0979. The largest absolute Gasteiger partial charge is 0.399 e. The van der Waals surface area contributed by atoms with Gasteiger partial charge in [0.05, 0.1) is 17.6 Å². The molecule has 0 unspecified atom stereocenters. The number of unbranched alkanes of at least 4 members (excludes halogenated alkanes) is 1. The number of rotatable bonds is 4. The van der Waals surface area contributed by atoms with Crippen LogP contribution in [0.4, 0.5) is 11.4 Å². The Morgan fingerprint density at radius 3 is 2.16 bits per heavy atom. The van der Waals surface area contributed by atoms with Crippen LogP contribution in [0.25, 0.3) is 11.3 Å². The van der Waals surface area contributed by atoms with Crippen LogP contribution in [0.15, 0.2) is 60.8 Å². The van der Waals surface area contributed by atoms with E-state index in [1.807, 2.05) is 49.3 Å². The molecular weight excluding hydrogens is 312 g/mol. The fourth-order valence-electron chi connectivity index (χ4n) is 2.20. The number of nitrogens with zero attached hydrogens (tertiary/aromatic N) is 1. The van der Waals surface area contributed by atoms with Gasteiger partial charge in [0.15, 0.2) is 0 Å². The van der Waals surface area contributed by atoms with Crippen LogP contribution in [0.1, 0.15) is 25.3 Å². The van der Waals surface area contributed by atoms with Crippen LogP contribution in [0.3, 0.4) is 0 Å². The van der Waals surface area contributed by atoms with Crippen molar-refractivity contribution in [3.05, 3.63) is 66.4 Å². The molecule has 0 fully saturated rings. The molecule has 0 saturated heterocycles. The molecule has 2 aromatic carbocycles. The molecule has 0 spiro atoms. The minimum absolute atomic E-state index is 0.682. The summed E-state index contributed by atoms with van der Waals surface area (Å²) in [5, 5.41) is 6.69. The SMILES string of the molecule is C=O.CCCCc1ccc(N)cc1.Nc1cn[nH]c1-c1ccccc1. The van der Waals surface area contributed by atoms with Gasteiger partial charge < -0.3 is 16.3 Å². The first kappa shape index (κ1) is 20.0. The second kappa shape index (κ2) is 11.5. The summed E-state index contributed by atoms with van der Waals surface area (Å²) in [6.45, 7) is 4.21. The summed E-state index contributed by atoms with van der Waals surface area (Å²) in [4.78, 5) is 8.00. The Morgan fingerprint density at radius 2 is 1.64 bits per heavy atom. The van der Waals surface area contributed by atoms with E-state index in [2.05, 4.69) is 29.3 Å². The predicted molar refractivity (Wildman–Crippen MR) is 105 cm³/mol. The Balaban J connectivity index is 0.000000229. The van der Waals surface area contributed by atoms with Gasteiger partial charge in [-0.3, -0.25) is 5.10 Å². The molecule has 0 aliphatic rings. The van der Waals surface area contributed by atoms with Crippen molar-refractivity contribution < 1.29 is 4.79 Å². The predicted octanol–water partition coefficient (Wildman–Crippen LogP) is 4.09. The zero-order valence-electron chi connectivity index (χ0n) is 14.6. The van der Waals surface area contributed by atoms with Gasteiger partial charge in [0.25, 0.3) is 0 Å². The molecule has 0 aliphatic heterocycles. The summed E-state index contributed by atoms with van der Waals surface area (Å²) >= 11 is 0. The fraction of sp³-hybridized carbons (Fsp3) is 0.200. The maximum absolute atomic E-state index is 8.00. The van der Waals surface area contributed by atoms with Gasteiger partial charge in [0.2, 0.25) is 0 Å². The van der Waals surface area contributed by atoms with E-state index in [-0.39, 0.29) is 0 Å². The number of hydrogen-bond donors (Lipinski definition) is 3. The van der Waals surface area contributed by atoms with Crippen molar-refractivity contribution in [3.8, 4) is 11.3 Å². The minimum Gasteiger partial charge on any atom is -0.399 e. The van der Waals surface area contributed by atoms with E-state index < -0.39 is 0 Å². The number of anilines is 2. The maximum Gasteiger partial charge on any atom is 0.106 e. The number of aromatic amines is 1. The van der Waals surface area contributed by atoms with Gasteiger partial charge in [-0.15, -0.1) is 0 Å². The molecule has 0 radical (unpaired) electrons. The topological polar surface area (TPSA) is 97.8 Å². The van der Waals surface area contributed by atoms with Crippen LogP contribution in [0, 0.1) is 0 Å². The minimum atomic E-state index is 0.682. The summed E-state index contributed by atoms with van der Waals surface area (Å²) in [5.74, 6) is 0. The Labute approximate surface area is 149 Å². The molecule has 5 nitrogen and oxygen atoms in total. The van der Waals surface area contributed by atoms with Crippen LogP contribution >= 0.6 is 0 Å². The van der Waals surface area contributed by atoms with Crippen molar-refractivity contribution in [2.24, 2.45) is 0 Å². The second-order valence-corrected chi connectivity index (χ2v) is 5.41. The number of benzene rings is 2. The molecule has 0 bridgehead atoms. The van der Waals surface area contributed by atoms with Crippen molar-refractivity contribution in [3.63, 3.8) is 0 Å². The lowest BCUT2D eigenvalue weighted by Gasteiger charge is -1.99. The first-order chi connectivity index (χ1) is 12.2. The summed E-state index contributed by atoms with van der Waals surface area (Å²) in [6.07, 6.45) is 5.31. The third kappa shape index (κ3) is 6.91. The summed E-state index contributed by atoms with van der Waals surface area (Å²) in [6, 6.07) is 18.0. The van der Waals surface area contributed by atoms with Crippen molar-refractivity contribution in [2.45, 2.75) is 26.2 Å². The van der Waals surface area contributed by atoms with E-state index in [0.717, 1.165) is 16.9 Å². The van der Waals surface area contributed by atoms with Crippen molar-refractivity contribution in [1.82, 2.24) is 10.2 Å². The first-order valence-corrected chi connectivity index (χ1v) is 8.18. The third-order valence-electron chi connectivity index (χ3n) is 3.53. The number of nitrogens with two attached hydrogens (primary N) is 2. The Kier molecular flexibility index (Phi) is 9.15. The number of aromatic nitrogens is 2. The standard InChI is InChI=1S/C10H15N.C9H9N3.CH2O/c1-2-3-4-9-5-7-10(11)8-6-9;10-8-6-11-12-9(8)7-4-2-1-3-5-7;1-2/h5-8H,2-4,11H2,1H3;1-6H,10H2,(H,11,12);1H2. The van der Waals surface area contributed by atoms with Gasteiger partial charge in [-0.05, 0) is 30.5 Å². The van der Waals surface area contributed by atoms with Gasteiger partial charge in [-0.1, -0.05) is 55.8 Å². The number of nitrogens with one attached hydrogen (secondary N) is 1. The van der Waals surface area contributed by atoms with Crippen LogP contribution in [-0.4, -0.2) is 17.0 Å². The van der Waals surface area contributed by atoms with E-state index in [9.17, 15) is 0 Å². The van der Waals surface area contributed by atoms with E-state index in [1.165, 1.54) is 24.8 Å². The van der Waals surface area contributed by atoms with Gasteiger partial charge in [0.1, 0.15) is 6.79 Å². The zero-order valence-corrected chi connectivity index (χ0v) is 14.6. The Hall–Kier alpha value is -3.08. The monoisotopic (exact) mass is 338 g/mol. The molecule has 5 N–H and O–H groups in total. The summed E-state index contributed by atoms with van der Waals surface area (Å²) < 4.78 is 0. The Bertz CT molecular complexity index is 708. The fourth-order valence-corrected chi connectivity index (χ4v) is 2.20. The average Bonchev–Trinajstić information content (AvgIpc) is 3.10. The molecule has 0 amide bonds. The highest BCUT2D eigenvalue weighted by Crippen LogP contribution is 2.21. The Morgan fingerprint density at radius 1 is 1.00 bits per heavy atom. The molecule has 1 aromatic heterocycles. The molecular formula is C20H26N4O. The molecule has 5 heteroatoms. The highest BCUT2D eigenvalue weighted by Gasteiger charge is 2.01. The van der Waals surface area contributed by atoms with Crippen LogP contribution in [0.2, 0.25) is 0 Å². The number of nitrogen functional groups attached to an aromatic ring is 2. The summed E-state index contributed by atoms with van der Waals surface area (Å²) in [5.41, 5.74) is 16.1. The van der Waals surface area contributed by atoms with Crippen LogP contribution in [0.5, 0.6) is 0 Å². The first-order valence-electron chi connectivity index (χ1n) is 8.18. The summed E-state index contributed by atoms with van der Waals surface area (Å²) in [7, 11) is 0.